The predicted octanol–water partition coefficient (Wildman–Crippen LogP) is 1.89. The first kappa shape index (κ1) is 16.9. The van der Waals surface area contributed by atoms with Crippen molar-refractivity contribution >= 4 is 0 Å². The largest absolute Gasteiger partial charge is 0.385 e. The van der Waals surface area contributed by atoms with Crippen molar-refractivity contribution in [3.63, 3.8) is 0 Å². The van der Waals surface area contributed by atoms with E-state index in [9.17, 15) is 0 Å². The highest BCUT2D eigenvalue weighted by Crippen LogP contribution is 2.24. The van der Waals surface area contributed by atoms with E-state index in [0.717, 1.165) is 51.4 Å². The van der Waals surface area contributed by atoms with Crippen molar-refractivity contribution < 1.29 is 9.47 Å². The standard InChI is InChI=1S/C15H32N2O2/c1-4-8-16-14-6-7-15(13-14)17(10-12-19-3)9-5-11-18-2/h14-16H,4-13H2,1-3H3. The predicted molar refractivity (Wildman–Crippen MR) is 79.7 cm³/mol. The second kappa shape index (κ2) is 10.6. The van der Waals surface area contributed by atoms with Gasteiger partial charge in [-0.2, -0.15) is 0 Å². The van der Waals surface area contributed by atoms with E-state index in [1.54, 1.807) is 14.2 Å². The molecule has 0 saturated heterocycles. The highest BCUT2D eigenvalue weighted by Gasteiger charge is 2.28. The minimum Gasteiger partial charge on any atom is -0.385 e. The van der Waals surface area contributed by atoms with Crippen molar-refractivity contribution in [2.75, 3.05) is 47.1 Å². The lowest BCUT2D eigenvalue weighted by Crippen LogP contribution is -2.38. The minimum absolute atomic E-state index is 0.720. The molecule has 0 aromatic heterocycles. The highest BCUT2D eigenvalue weighted by molar-refractivity contribution is 4.86. The number of nitrogens with zero attached hydrogens (tertiary/aromatic N) is 1. The molecule has 1 N–H and O–H groups in total. The third-order valence-corrected chi connectivity index (χ3v) is 3.98. The fourth-order valence-electron chi connectivity index (χ4n) is 2.92. The number of methoxy groups -OCH3 is 2. The van der Waals surface area contributed by atoms with Crippen LogP contribution in [0.3, 0.4) is 0 Å². The van der Waals surface area contributed by atoms with Crippen LogP contribution in [0.25, 0.3) is 0 Å². The topological polar surface area (TPSA) is 33.7 Å². The van der Waals surface area contributed by atoms with Gasteiger partial charge in [-0.1, -0.05) is 6.92 Å². The number of nitrogens with one attached hydrogen (secondary N) is 1. The van der Waals surface area contributed by atoms with Gasteiger partial charge in [-0.15, -0.1) is 0 Å². The summed E-state index contributed by atoms with van der Waals surface area (Å²) in [7, 11) is 3.56. The summed E-state index contributed by atoms with van der Waals surface area (Å²) in [6.45, 7) is 7.24. The van der Waals surface area contributed by atoms with E-state index < -0.39 is 0 Å². The molecule has 0 radical (unpaired) electrons. The molecule has 0 spiro atoms. The lowest BCUT2D eigenvalue weighted by Gasteiger charge is -2.28. The molecule has 19 heavy (non-hydrogen) atoms. The van der Waals surface area contributed by atoms with Gasteiger partial charge in [0.25, 0.3) is 0 Å². The van der Waals surface area contributed by atoms with Crippen LogP contribution in [0.4, 0.5) is 0 Å². The van der Waals surface area contributed by atoms with Gasteiger partial charge in [0.15, 0.2) is 0 Å². The van der Waals surface area contributed by atoms with E-state index in [0.29, 0.717) is 0 Å². The molecule has 0 aliphatic heterocycles. The van der Waals surface area contributed by atoms with Gasteiger partial charge >= 0.3 is 0 Å². The molecule has 1 aliphatic carbocycles. The summed E-state index contributed by atoms with van der Waals surface area (Å²) in [5, 5.41) is 3.66. The zero-order valence-corrected chi connectivity index (χ0v) is 13.0. The van der Waals surface area contributed by atoms with Crippen LogP contribution < -0.4 is 5.32 Å². The average molecular weight is 272 g/mol. The fraction of sp³-hybridized carbons (Fsp3) is 1.00. The lowest BCUT2D eigenvalue weighted by atomic mass is 10.2. The first-order valence-electron chi connectivity index (χ1n) is 7.77. The van der Waals surface area contributed by atoms with Crippen LogP contribution in [0.5, 0.6) is 0 Å². The van der Waals surface area contributed by atoms with Gasteiger partial charge in [-0.3, -0.25) is 4.90 Å². The Morgan fingerprint density at radius 1 is 1.11 bits per heavy atom. The molecule has 4 nitrogen and oxygen atoms in total. The summed E-state index contributed by atoms with van der Waals surface area (Å²) in [6.07, 6.45) is 6.26. The Kier molecular flexibility index (Phi) is 9.43. The van der Waals surface area contributed by atoms with Crippen molar-refractivity contribution in [3.05, 3.63) is 0 Å². The zero-order valence-electron chi connectivity index (χ0n) is 13.0. The molecule has 0 aromatic carbocycles. The molecule has 114 valence electrons. The van der Waals surface area contributed by atoms with Gasteiger partial charge in [-0.25, -0.2) is 0 Å². The summed E-state index contributed by atoms with van der Waals surface area (Å²) in [5.74, 6) is 0. The van der Waals surface area contributed by atoms with E-state index in [1.165, 1.54) is 25.7 Å². The molecule has 2 atom stereocenters. The van der Waals surface area contributed by atoms with Crippen LogP contribution in [0.2, 0.25) is 0 Å². The van der Waals surface area contributed by atoms with Gasteiger partial charge < -0.3 is 14.8 Å². The zero-order chi connectivity index (χ0) is 13.9. The fourth-order valence-corrected chi connectivity index (χ4v) is 2.92. The number of hydrogen-bond donors (Lipinski definition) is 1. The van der Waals surface area contributed by atoms with Crippen molar-refractivity contribution in [2.45, 2.75) is 51.1 Å². The summed E-state index contributed by atoms with van der Waals surface area (Å²) in [6, 6.07) is 1.44. The van der Waals surface area contributed by atoms with E-state index in [4.69, 9.17) is 9.47 Å². The van der Waals surface area contributed by atoms with Gasteiger partial charge in [0, 0.05) is 46.0 Å². The van der Waals surface area contributed by atoms with Gasteiger partial charge in [0.2, 0.25) is 0 Å². The van der Waals surface area contributed by atoms with Gasteiger partial charge in [0.1, 0.15) is 0 Å². The molecular formula is C15H32N2O2. The molecule has 1 rings (SSSR count). The molecular weight excluding hydrogens is 240 g/mol. The van der Waals surface area contributed by atoms with E-state index in [-0.39, 0.29) is 0 Å². The molecule has 1 fully saturated rings. The maximum Gasteiger partial charge on any atom is 0.0589 e. The Morgan fingerprint density at radius 3 is 2.58 bits per heavy atom. The van der Waals surface area contributed by atoms with Crippen LogP contribution in [0.15, 0.2) is 0 Å². The summed E-state index contributed by atoms with van der Waals surface area (Å²) in [4.78, 5) is 2.59. The molecule has 0 amide bonds. The number of hydrogen-bond acceptors (Lipinski definition) is 4. The molecule has 1 aliphatic rings. The normalized spacial score (nSPS) is 23.4. The maximum atomic E-state index is 5.24. The summed E-state index contributed by atoms with van der Waals surface area (Å²) < 4.78 is 10.4. The smallest absolute Gasteiger partial charge is 0.0589 e. The Morgan fingerprint density at radius 2 is 1.89 bits per heavy atom. The van der Waals surface area contributed by atoms with Gasteiger partial charge in [0.05, 0.1) is 6.61 Å². The van der Waals surface area contributed by atoms with Crippen molar-refractivity contribution in [2.24, 2.45) is 0 Å². The SMILES string of the molecule is CCCNC1CCC(N(CCCOC)CCOC)C1. The lowest BCUT2D eigenvalue weighted by molar-refractivity contribution is 0.107. The first-order valence-corrected chi connectivity index (χ1v) is 7.77. The second-order valence-corrected chi connectivity index (χ2v) is 5.49. The van der Waals surface area contributed by atoms with E-state index >= 15 is 0 Å². The Labute approximate surface area is 118 Å². The third kappa shape index (κ3) is 6.70. The van der Waals surface area contributed by atoms with E-state index in [1.807, 2.05) is 0 Å². The molecule has 0 aromatic rings. The molecule has 0 bridgehead atoms. The average Bonchev–Trinajstić information content (AvgIpc) is 2.89. The number of ether oxygens (including phenoxy) is 2. The van der Waals surface area contributed by atoms with Crippen LogP contribution in [0.1, 0.15) is 39.0 Å². The van der Waals surface area contributed by atoms with E-state index in [2.05, 4.69) is 17.1 Å². The van der Waals surface area contributed by atoms with Crippen molar-refractivity contribution in [1.29, 1.82) is 0 Å². The number of rotatable bonds is 11. The monoisotopic (exact) mass is 272 g/mol. The van der Waals surface area contributed by atoms with Crippen LogP contribution in [-0.2, 0) is 9.47 Å². The summed E-state index contributed by atoms with van der Waals surface area (Å²) >= 11 is 0. The van der Waals surface area contributed by atoms with Crippen molar-refractivity contribution in [3.8, 4) is 0 Å². The highest BCUT2D eigenvalue weighted by atomic mass is 16.5. The van der Waals surface area contributed by atoms with Gasteiger partial charge in [-0.05, 0) is 38.6 Å². The minimum atomic E-state index is 0.720. The molecule has 4 heteroatoms. The first-order chi connectivity index (χ1) is 9.31. The maximum absolute atomic E-state index is 5.24. The Hall–Kier alpha value is -0.160. The third-order valence-electron chi connectivity index (χ3n) is 3.98. The quantitative estimate of drug-likeness (QED) is 0.582. The van der Waals surface area contributed by atoms with Crippen LogP contribution in [-0.4, -0.2) is 64.1 Å². The second-order valence-electron chi connectivity index (χ2n) is 5.49. The van der Waals surface area contributed by atoms with Crippen LogP contribution in [0, 0.1) is 0 Å². The van der Waals surface area contributed by atoms with Crippen molar-refractivity contribution in [1.82, 2.24) is 10.2 Å². The summed E-state index contributed by atoms with van der Waals surface area (Å²) in [5.41, 5.74) is 0. The molecule has 0 heterocycles. The Balaban J connectivity index is 2.32. The van der Waals surface area contributed by atoms with Crippen LogP contribution >= 0.6 is 0 Å². The molecule has 1 saturated carbocycles. The Bertz CT molecular complexity index is 214. The molecule has 2 unspecified atom stereocenters.